The number of likely N-dealkylation sites (tertiary alicyclic amines) is 1. The Kier molecular flexibility index (Phi) is 6.80. The molecule has 2 N–H and O–H groups in total. The fourth-order valence-electron chi connectivity index (χ4n) is 5.11. The summed E-state index contributed by atoms with van der Waals surface area (Å²) in [6.45, 7) is 10.9. The van der Waals surface area contributed by atoms with Gasteiger partial charge in [-0.25, -0.2) is 0 Å². The number of nitrogens with one attached hydrogen (secondary N) is 2. The number of aryl methyl sites for hydroxylation is 2. The van der Waals surface area contributed by atoms with Crippen molar-refractivity contribution in [2.75, 3.05) is 26.2 Å². The van der Waals surface area contributed by atoms with Crippen LogP contribution in [0.3, 0.4) is 0 Å². The SMILES string of the molecule is Cc1cc(-c2[nH]c3ccc(C4CCN(CC(=O)NCC#N)CC4)cc3c2C(C)C)cc(C)n1. The molecule has 1 aliphatic rings. The van der Waals surface area contributed by atoms with E-state index in [1.807, 2.05) is 19.9 Å². The number of aromatic amines is 1. The van der Waals surface area contributed by atoms with Gasteiger partial charge in [-0.2, -0.15) is 5.26 Å². The molecule has 0 saturated carbocycles. The summed E-state index contributed by atoms with van der Waals surface area (Å²) in [5.74, 6) is 0.822. The van der Waals surface area contributed by atoms with Crippen molar-refractivity contribution in [3.63, 3.8) is 0 Å². The number of amides is 1. The van der Waals surface area contributed by atoms with Gasteiger partial charge in [-0.15, -0.1) is 0 Å². The third-order valence-corrected chi connectivity index (χ3v) is 6.60. The molecular weight excluding hydrogens is 410 g/mol. The molecule has 1 aromatic carbocycles. The normalized spacial score (nSPS) is 15.2. The average Bonchev–Trinajstić information content (AvgIpc) is 3.17. The van der Waals surface area contributed by atoms with Crippen molar-refractivity contribution in [2.45, 2.75) is 52.4 Å². The van der Waals surface area contributed by atoms with E-state index in [1.54, 1.807) is 0 Å². The molecule has 0 bridgehead atoms. The molecule has 4 rings (SSSR count). The van der Waals surface area contributed by atoms with Gasteiger partial charge in [0.2, 0.25) is 5.91 Å². The highest BCUT2D eigenvalue weighted by Gasteiger charge is 2.24. The quantitative estimate of drug-likeness (QED) is 0.537. The van der Waals surface area contributed by atoms with Crippen molar-refractivity contribution < 1.29 is 4.79 Å². The van der Waals surface area contributed by atoms with Crippen LogP contribution in [0.5, 0.6) is 0 Å². The van der Waals surface area contributed by atoms with Crippen LogP contribution in [-0.4, -0.2) is 47.0 Å². The minimum absolute atomic E-state index is 0.0700. The number of carbonyl (C=O) groups excluding carboxylic acids is 1. The van der Waals surface area contributed by atoms with Gasteiger partial charge < -0.3 is 10.3 Å². The van der Waals surface area contributed by atoms with E-state index in [0.29, 0.717) is 18.4 Å². The minimum Gasteiger partial charge on any atom is -0.354 e. The van der Waals surface area contributed by atoms with E-state index in [2.05, 4.69) is 64.4 Å². The van der Waals surface area contributed by atoms with Gasteiger partial charge in [0.05, 0.1) is 18.3 Å². The van der Waals surface area contributed by atoms with Gasteiger partial charge in [-0.3, -0.25) is 14.7 Å². The van der Waals surface area contributed by atoms with Gasteiger partial charge >= 0.3 is 0 Å². The van der Waals surface area contributed by atoms with Crippen molar-refractivity contribution in [3.8, 4) is 17.3 Å². The largest absolute Gasteiger partial charge is 0.354 e. The third kappa shape index (κ3) is 5.09. The van der Waals surface area contributed by atoms with Crippen LogP contribution in [0.2, 0.25) is 0 Å². The van der Waals surface area contributed by atoms with Gasteiger partial charge in [-0.1, -0.05) is 19.9 Å². The fraction of sp³-hybridized carbons (Fsp3) is 0.444. The molecule has 0 spiro atoms. The first-order chi connectivity index (χ1) is 15.9. The van der Waals surface area contributed by atoms with Crippen LogP contribution in [-0.2, 0) is 4.79 Å². The van der Waals surface area contributed by atoms with Gasteiger partial charge in [-0.05, 0) is 87.0 Å². The lowest BCUT2D eigenvalue weighted by Gasteiger charge is -2.31. The lowest BCUT2D eigenvalue weighted by molar-refractivity contribution is -0.122. The maximum absolute atomic E-state index is 11.9. The van der Waals surface area contributed by atoms with Gasteiger partial charge in [0.1, 0.15) is 6.54 Å². The molecule has 0 unspecified atom stereocenters. The maximum atomic E-state index is 11.9. The summed E-state index contributed by atoms with van der Waals surface area (Å²) in [4.78, 5) is 22.3. The topological polar surface area (TPSA) is 84.8 Å². The highest BCUT2D eigenvalue weighted by molar-refractivity contribution is 5.92. The number of benzene rings is 1. The second-order valence-electron chi connectivity index (χ2n) is 9.50. The molecule has 1 aliphatic heterocycles. The summed E-state index contributed by atoms with van der Waals surface area (Å²) >= 11 is 0. The zero-order valence-corrected chi connectivity index (χ0v) is 20.0. The molecule has 6 nitrogen and oxygen atoms in total. The Morgan fingerprint density at radius 2 is 1.91 bits per heavy atom. The van der Waals surface area contributed by atoms with Crippen molar-refractivity contribution in [1.82, 2.24) is 20.2 Å². The van der Waals surface area contributed by atoms with Gasteiger partial charge in [0, 0.05) is 27.9 Å². The van der Waals surface area contributed by atoms with Crippen LogP contribution in [0.15, 0.2) is 30.3 Å². The number of hydrogen-bond donors (Lipinski definition) is 2. The maximum Gasteiger partial charge on any atom is 0.235 e. The van der Waals surface area contributed by atoms with E-state index in [9.17, 15) is 4.79 Å². The van der Waals surface area contributed by atoms with E-state index in [-0.39, 0.29) is 12.5 Å². The summed E-state index contributed by atoms with van der Waals surface area (Å²) < 4.78 is 0. The fourth-order valence-corrected chi connectivity index (χ4v) is 5.11. The Morgan fingerprint density at radius 3 is 2.55 bits per heavy atom. The molecule has 1 amide bonds. The summed E-state index contributed by atoms with van der Waals surface area (Å²) in [5.41, 5.74) is 8.39. The Balaban J connectivity index is 1.57. The second-order valence-corrected chi connectivity index (χ2v) is 9.50. The molecule has 0 atom stereocenters. The van der Waals surface area contributed by atoms with E-state index >= 15 is 0 Å². The molecule has 1 fully saturated rings. The number of hydrogen-bond acceptors (Lipinski definition) is 4. The number of piperidine rings is 1. The first-order valence-corrected chi connectivity index (χ1v) is 11.8. The van der Waals surface area contributed by atoms with Crippen molar-refractivity contribution in [2.24, 2.45) is 0 Å². The Bertz CT molecular complexity index is 1170. The van der Waals surface area contributed by atoms with Crippen molar-refractivity contribution >= 4 is 16.8 Å². The highest BCUT2D eigenvalue weighted by Crippen LogP contribution is 2.38. The number of nitriles is 1. The molecule has 3 heterocycles. The number of H-pyrrole nitrogens is 1. The average molecular weight is 444 g/mol. The van der Waals surface area contributed by atoms with Crippen molar-refractivity contribution in [1.29, 1.82) is 5.26 Å². The van der Waals surface area contributed by atoms with Gasteiger partial charge in [0.15, 0.2) is 0 Å². The molecule has 2 aromatic heterocycles. The molecule has 6 heteroatoms. The predicted octanol–water partition coefficient (Wildman–Crippen LogP) is 4.79. The lowest BCUT2D eigenvalue weighted by Crippen LogP contribution is -2.41. The Labute approximate surface area is 196 Å². The van der Waals surface area contributed by atoms with Crippen LogP contribution >= 0.6 is 0 Å². The van der Waals surface area contributed by atoms with E-state index in [1.165, 1.54) is 33.3 Å². The van der Waals surface area contributed by atoms with Crippen LogP contribution in [0.4, 0.5) is 0 Å². The predicted molar refractivity (Wildman–Crippen MR) is 132 cm³/mol. The summed E-state index contributed by atoms with van der Waals surface area (Å²) in [5, 5.41) is 12.6. The third-order valence-electron chi connectivity index (χ3n) is 6.60. The number of nitrogens with zero attached hydrogens (tertiary/aromatic N) is 3. The smallest absolute Gasteiger partial charge is 0.235 e. The zero-order chi connectivity index (χ0) is 23.5. The summed E-state index contributed by atoms with van der Waals surface area (Å²) in [7, 11) is 0. The van der Waals surface area contributed by atoms with Crippen LogP contribution < -0.4 is 5.32 Å². The number of fused-ring (bicyclic) bond motifs is 1. The lowest BCUT2D eigenvalue weighted by atomic mass is 9.87. The van der Waals surface area contributed by atoms with Gasteiger partial charge in [0.25, 0.3) is 0 Å². The molecular formula is C27H33N5O. The van der Waals surface area contributed by atoms with E-state index < -0.39 is 0 Å². The molecule has 33 heavy (non-hydrogen) atoms. The van der Waals surface area contributed by atoms with Crippen LogP contribution in [0, 0.1) is 25.2 Å². The first kappa shape index (κ1) is 23.0. The number of aromatic nitrogens is 2. The monoisotopic (exact) mass is 443 g/mol. The standard InChI is InChI=1S/C27H33N5O/c1-17(2)26-23-15-21(20-7-11-32(12-8-20)16-25(33)29-10-9-28)5-6-24(23)31-27(26)22-13-18(3)30-19(4)14-22/h5-6,13-15,17,20,31H,7-8,10-12,16H2,1-4H3,(H,29,33). The second kappa shape index (κ2) is 9.76. The number of rotatable bonds is 6. The summed E-state index contributed by atoms with van der Waals surface area (Å²) in [6, 6.07) is 13.1. The Morgan fingerprint density at radius 1 is 1.21 bits per heavy atom. The van der Waals surface area contributed by atoms with Crippen LogP contribution in [0.1, 0.15) is 61.0 Å². The molecule has 3 aromatic rings. The van der Waals surface area contributed by atoms with E-state index in [4.69, 9.17) is 5.26 Å². The molecule has 0 radical (unpaired) electrons. The summed E-state index contributed by atoms with van der Waals surface area (Å²) in [6.07, 6.45) is 2.07. The number of carbonyl (C=O) groups is 1. The van der Waals surface area contributed by atoms with Crippen LogP contribution in [0.25, 0.3) is 22.2 Å². The van der Waals surface area contributed by atoms with Crippen molar-refractivity contribution in [3.05, 3.63) is 52.8 Å². The highest BCUT2D eigenvalue weighted by atomic mass is 16.2. The molecule has 1 saturated heterocycles. The zero-order valence-electron chi connectivity index (χ0n) is 20.0. The molecule has 172 valence electrons. The van der Waals surface area contributed by atoms with E-state index in [0.717, 1.165) is 37.3 Å². The Hall–Kier alpha value is -3.17. The number of pyridine rings is 1. The first-order valence-electron chi connectivity index (χ1n) is 11.8. The molecule has 0 aliphatic carbocycles. The minimum atomic E-state index is -0.0700.